The number of amides is 1. The van der Waals surface area contributed by atoms with E-state index in [1.165, 1.54) is 23.9 Å². The molecule has 5 nitrogen and oxygen atoms in total. The molecular formula is C18H18N2O3. The number of hydrogen-bond donors (Lipinski definition) is 1. The summed E-state index contributed by atoms with van der Waals surface area (Å²) < 4.78 is 0. The van der Waals surface area contributed by atoms with Crippen LogP contribution in [0, 0.1) is 0 Å². The Bertz CT molecular complexity index is 730. The van der Waals surface area contributed by atoms with Gasteiger partial charge in [0.15, 0.2) is 0 Å². The van der Waals surface area contributed by atoms with Crippen LogP contribution in [-0.2, 0) is 0 Å². The summed E-state index contributed by atoms with van der Waals surface area (Å²) in [6.45, 7) is 2.68. The molecule has 1 fully saturated rings. The Morgan fingerprint density at radius 2 is 1.96 bits per heavy atom. The van der Waals surface area contributed by atoms with Gasteiger partial charge in [-0.15, -0.1) is 0 Å². The van der Waals surface area contributed by atoms with Gasteiger partial charge in [-0.25, -0.2) is 4.79 Å². The van der Waals surface area contributed by atoms with Gasteiger partial charge in [-0.05, 0) is 31.0 Å². The van der Waals surface area contributed by atoms with Crippen LogP contribution in [0.1, 0.15) is 45.7 Å². The molecule has 2 heterocycles. The summed E-state index contributed by atoms with van der Waals surface area (Å²) in [6.07, 6.45) is 2.27. The molecule has 23 heavy (non-hydrogen) atoms. The van der Waals surface area contributed by atoms with Gasteiger partial charge in [-0.3, -0.25) is 9.78 Å². The van der Waals surface area contributed by atoms with E-state index >= 15 is 0 Å². The summed E-state index contributed by atoms with van der Waals surface area (Å²) in [5.74, 6) is -0.972. The Morgan fingerprint density at radius 3 is 2.65 bits per heavy atom. The van der Waals surface area contributed by atoms with E-state index in [1.54, 1.807) is 4.90 Å². The number of carbonyl (C=O) groups excluding carboxylic acids is 1. The van der Waals surface area contributed by atoms with Crippen LogP contribution in [0.5, 0.6) is 0 Å². The van der Waals surface area contributed by atoms with Crippen molar-refractivity contribution in [3.63, 3.8) is 0 Å². The second kappa shape index (κ2) is 6.20. The van der Waals surface area contributed by atoms with Crippen LogP contribution in [0.15, 0.2) is 48.7 Å². The van der Waals surface area contributed by atoms with E-state index in [9.17, 15) is 9.59 Å². The van der Waals surface area contributed by atoms with Crippen LogP contribution < -0.4 is 0 Å². The lowest BCUT2D eigenvalue weighted by Gasteiger charge is -2.24. The van der Waals surface area contributed by atoms with Gasteiger partial charge in [0.05, 0.1) is 5.56 Å². The summed E-state index contributed by atoms with van der Waals surface area (Å²) in [7, 11) is 0. The fraction of sp³-hybridized carbons (Fsp3) is 0.278. The number of carboxylic acids is 1. The Hall–Kier alpha value is -2.69. The van der Waals surface area contributed by atoms with Gasteiger partial charge in [-0.1, -0.05) is 30.3 Å². The fourth-order valence-corrected chi connectivity index (χ4v) is 3.20. The molecule has 5 heteroatoms. The minimum Gasteiger partial charge on any atom is -0.478 e. The zero-order valence-corrected chi connectivity index (χ0v) is 12.8. The maximum atomic E-state index is 12.7. The molecule has 0 bridgehead atoms. The van der Waals surface area contributed by atoms with E-state index in [2.05, 4.69) is 17.1 Å². The van der Waals surface area contributed by atoms with Gasteiger partial charge in [0.1, 0.15) is 5.69 Å². The second-order valence-corrected chi connectivity index (χ2v) is 5.78. The van der Waals surface area contributed by atoms with Crippen molar-refractivity contribution in [2.45, 2.75) is 25.3 Å². The summed E-state index contributed by atoms with van der Waals surface area (Å²) in [6, 6.07) is 12.9. The summed E-state index contributed by atoms with van der Waals surface area (Å²) in [5, 5.41) is 9.05. The largest absolute Gasteiger partial charge is 0.478 e. The highest BCUT2D eigenvalue weighted by atomic mass is 16.4. The number of carbonyl (C=O) groups is 2. The number of carboxylic acid groups (broad SMARTS) is 1. The van der Waals surface area contributed by atoms with Gasteiger partial charge in [0.25, 0.3) is 5.91 Å². The van der Waals surface area contributed by atoms with E-state index in [-0.39, 0.29) is 23.2 Å². The van der Waals surface area contributed by atoms with Gasteiger partial charge in [-0.2, -0.15) is 0 Å². The monoisotopic (exact) mass is 310 g/mol. The summed E-state index contributed by atoms with van der Waals surface area (Å²) >= 11 is 0. The molecule has 1 aliphatic heterocycles. The minimum atomic E-state index is -1.06. The highest BCUT2D eigenvalue weighted by Crippen LogP contribution is 2.33. The minimum absolute atomic E-state index is 0.0557. The lowest BCUT2D eigenvalue weighted by atomic mass is 9.93. The van der Waals surface area contributed by atoms with Crippen molar-refractivity contribution in [2.75, 3.05) is 6.54 Å². The third kappa shape index (κ3) is 2.95. The predicted molar refractivity (Wildman–Crippen MR) is 85.5 cm³/mol. The van der Waals surface area contributed by atoms with Gasteiger partial charge >= 0.3 is 5.97 Å². The topological polar surface area (TPSA) is 70.5 Å². The lowest BCUT2D eigenvalue weighted by molar-refractivity contribution is 0.0696. The maximum absolute atomic E-state index is 12.7. The van der Waals surface area contributed by atoms with Crippen molar-refractivity contribution < 1.29 is 14.7 Å². The molecule has 0 saturated carbocycles. The van der Waals surface area contributed by atoms with Crippen LogP contribution in [0.2, 0.25) is 0 Å². The molecule has 2 aromatic rings. The molecule has 1 aromatic carbocycles. The third-order valence-corrected chi connectivity index (χ3v) is 4.47. The molecule has 2 unspecified atom stereocenters. The normalized spacial score (nSPS) is 20.5. The van der Waals surface area contributed by atoms with Crippen molar-refractivity contribution in [2.24, 2.45) is 0 Å². The van der Waals surface area contributed by atoms with Crippen molar-refractivity contribution >= 4 is 11.9 Å². The molecule has 1 aliphatic rings. The van der Waals surface area contributed by atoms with Crippen molar-refractivity contribution in [1.29, 1.82) is 0 Å². The van der Waals surface area contributed by atoms with Gasteiger partial charge in [0, 0.05) is 24.7 Å². The van der Waals surface area contributed by atoms with Crippen LogP contribution >= 0.6 is 0 Å². The van der Waals surface area contributed by atoms with Crippen LogP contribution in [-0.4, -0.2) is 39.5 Å². The average Bonchev–Trinajstić information content (AvgIpc) is 2.96. The SMILES string of the molecule is CC1C(c2ccccc2)CCN1C(=O)c1cc(C(=O)O)ccn1. The molecule has 1 aromatic heterocycles. The predicted octanol–water partition coefficient (Wildman–Crippen LogP) is 2.80. The smallest absolute Gasteiger partial charge is 0.335 e. The second-order valence-electron chi connectivity index (χ2n) is 5.78. The Labute approximate surface area is 134 Å². The van der Waals surface area contributed by atoms with E-state index in [4.69, 9.17) is 5.11 Å². The number of pyridine rings is 1. The number of likely N-dealkylation sites (tertiary alicyclic amines) is 1. The van der Waals surface area contributed by atoms with Crippen molar-refractivity contribution in [3.8, 4) is 0 Å². The number of hydrogen-bond acceptors (Lipinski definition) is 3. The molecule has 0 spiro atoms. The van der Waals surface area contributed by atoms with E-state index in [0.29, 0.717) is 12.5 Å². The molecule has 2 atom stereocenters. The number of aromatic nitrogens is 1. The van der Waals surface area contributed by atoms with Crippen molar-refractivity contribution in [1.82, 2.24) is 9.88 Å². The molecule has 1 N–H and O–H groups in total. The first-order chi connectivity index (χ1) is 11.1. The van der Waals surface area contributed by atoms with E-state index in [0.717, 1.165) is 6.42 Å². The summed E-state index contributed by atoms with van der Waals surface area (Å²) in [5.41, 5.74) is 1.49. The highest BCUT2D eigenvalue weighted by Gasteiger charge is 2.35. The number of benzene rings is 1. The number of aromatic carboxylic acids is 1. The Kier molecular flexibility index (Phi) is 4.10. The molecule has 0 aliphatic carbocycles. The Balaban J connectivity index is 1.81. The van der Waals surface area contributed by atoms with Crippen LogP contribution in [0.4, 0.5) is 0 Å². The number of nitrogens with zero attached hydrogens (tertiary/aromatic N) is 2. The molecular weight excluding hydrogens is 292 g/mol. The lowest BCUT2D eigenvalue weighted by Crippen LogP contribution is -2.36. The first kappa shape index (κ1) is 15.2. The molecule has 118 valence electrons. The maximum Gasteiger partial charge on any atom is 0.335 e. The zero-order chi connectivity index (χ0) is 16.4. The van der Waals surface area contributed by atoms with E-state index < -0.39 is 5.97 Å². The van der Waals surface area contributed by atoms with E-state index in [1.807, 2.05) is 25.1 Å². The first-order valence-electron chi connectivity index (χ1n) is 7.63. The zero-order valence-electron chi connectivity index (χ0n) is 12.8. The van der Waals surface area contributed by atoms with Crippen LogP contribution in [0.3, 0.4) is 0 Å². The summed E-state index contributed by atoms with van der Waals surface area (Å²) in [4.78, 5) is 29.6. The molecule has 1 amide bonds. The number of rotatable bonds is 3. The standard InChI is InChI=1S/C18H18N2O3/c1-12-15(13-5-3-2-4-6-13)8-10-20(12)17(21)16-11-14(18(22)23)7-9-19-16/h2-7,9,11-12,15H,8,10H2,1H3,(H,22,23). The fourth-order valence-electron chi connectivity index (χ4n) is 3.20. The van der Waals surface area contributed by atoms with Crippen LogP contribution in [0.25, 0.3) is 0 Å². The Morgan fingerprint density at radius 1 is 1.22 bits per heavy atom. The van der Waals surface area contributed by atoms with Crippen molar-refractivity contribution in [3.05, 3.63) is 65.5 Å². The first-order valence-corrected chi connectivity index (χ1v) is 7.63. The van der Waals surface area contributed by atoms with Gasteiger partial charge in [0.2, 0.25) is 0 Å². The van der Waals surface area contributed by atoms with Gasteiger partial charge < -0.3 is 10.0 Å². The molecule has 0 radical (unpaired) electrons. The quantitative estimate of drug-likeness (QED) is 0.946. The highest BCUT2D eigenvalue weighted by molar-refractivity contribution is 5.96. The average molecular weight is 310 g/mol. The molecule has 1 saturated heterocycles. The molecule has 3 rings (SSSR count). The third-order valence-electron chi connectivity index (χ3n) is 4.47.